The van der Waals surface area contributed by atoms with Gasteiger partial charge in [-0.2, -0.15) is 0 Å². The number of aromatic hydroxyl groups is 2. The third-order valence-corrected chi connectivity index (χ3v) is 3.91. The van der Waals surface area contributed by atoms with Gasteiger partial charge in [0.1, 0.15) is 0 Å². The molecule has 0 saturated heterocycles. The van der Waals surface area contributed by atoms with Gasteiger partial charge in [0.2, 0.25) is 0 Å². The maximum atomic E-state index is 11.5. The molecule has 0 aliphatic heterocycles. The van der Waals surface area contributed by atoms with Gasteiger partial charge >= 0.3 is 0 Å². The standard InChI is InChI=1S/C14H15NO4S/c1-20(18,19)12-4-2-3-11(8-12)15-9-10-5-6-13(16)14(17)7-10/h2-8,15-17H,9H2,1H3. The van der Waals surface area contributed by atoms with E-state index in [0.717, 1.165) is 11.8 Å². The molecule has 0 heterocycles. The third kappa shape index (κ3) is 3.42. The summed E-state index contributed by atoms with van der Waals surface area (Å²) in [5.41, 5.74) is 1.44. The molecule has 0 bridgehead atoms. The Bertz CT molecular complexity index is 726. The van der Waals surface area contributed by atoms with E-state index in [4.69, 9.17) is 0 Å². The Morgan fingerprint density at radius 3 is 2.45 bits per heavy atom. The van der Waals surface area contributed by atoms with Gasteiger partial charge in [-0.25, -0.2) is 8.42 Å². The van der Waals surface area contributed by atoms with Crippen LogP contribution in [0, 0.1) is 0 Å². The number of hydrogen-bond acceptors (Lipinski definition) is 5. The Balaban J connectivity index is 2.13. The Morgan fingerprint density at radius 2 is 1.80 bits per heavy atom. The van der Waals surface area contributed by atoms with Gasteiger partial charge in [-0.3, -0.25) is 0 Å². The second-order valence-corrected chi connectivity index (χ2v) is 6.49. The highest BCUT2D eigenvalue weighted by molar-refractivity contribution is 7.90. The van der Waals surface area contributed by atoms with Crippen molar-refractivity contribution in [2.45, 2.75) is 11.4 Å². The van der Waals surface area contributed by atoms with Crippen LogP contribution in [0.2, 0.25) is 0 Å². The second-order valence-electron chi connectivity index (χ2n) is 4.48. The molecule has 0 spiro atoms. The number of sulfone groups is 1. The molecule has 0 saturated carbocycles. The molecule has 0 aromatic heterocycles. The van der Waals surface area contributed by atoms with E-state index in [9.17, 15) is 18.6 Å². The highest BCUT2D eigenvalue weighted by Gasteiger charge is 2.07. The van der Waals surface area contributed by atoms with E-state index < -0.39 is 9.84 Å². The van der Waals surface area contributed by atoms with Crippen LogP contribution in [0.5, 0.6) is 11.5 Å². The fourth-order valence-corrected chi connectivity index (χ4v) is 2.39. The average molecular weight is 293 g/mol. The molecule has 2 aromatic carbocycles. The predicted octanol–water partition coefficient (Wildman–Crippen LogP) is 2.11. The van der Waals surface area contributed by atoms with Crippen molar-refractivity contribution in [3.8, 4) is 11.5 Å². The van der Waals surface area contributed by atoms with Crippen molar-refractivity contribution in [2.24, 2.45) is 0 Å². The minimum absolute atomic E-state index is 0.173. The summed E-state index contributed by atoms with van der Waals surface area (Å²) in [5.74, 6) is -0.359. The summed E-state index contributed by atoms with van der Waals surface area (Å²) in [5, 5.41) is 21.7. The lowest BCUT2D eigenvalue weighted by molar-refractivity contribution is 0.403. The zero-order valence-corrected chi connectivity index (χ0v) is 11.7. The number of hydrogen-bond donors (Lipinski definition) is 3. The van der Waals surface area contributed by atoms with Gasteiger partial charge in [-0.05, 0) is 35.9 Å². The van der Waals surface area contributed by atoms with E-state index in [1.54, 1.807) is 24.3 Å². The second kappa shape index (κ2) is 5.42. The van der Waals surface area contributed by atoms with E-state index in [2.05, 4.69) is 5.32 Å². The molecule has 106 valence electrons. The lowest BCUT2D eigenvalue weighted by Gasteiger charge is -2.08. The van der Waals surface area contributed by atoms with Crippen molar-refractivity contribution in [1.82, 2.24) is 0 Å². The first-order valence-electron chi connectivity index (χ1n) is 5.91. The molecule has 0 amide bonds. The molecule has 2 aromatic rings. The van der Waals surface area contributed by atoms with Crippen LogP contribution in [-0.4, -0.2) is 24.9 Å². The quantitative estimate of drug-likeness (QED) is 0.752. The zero-order valence-electron chi connectivity index (χ0n) is 10.9. The molecule has 0 atom stereocenters. The van der Waals surface area contributed by atoms with Crippen LogP contribution >= 0.6 is 0 Å². The van der Waals surface area contributed by atoms with Crippen molar-refractivity contribution in [1.29, 1.82) is 0 Å². The van der Waals surface area contributed by atoms with Crippen LogP contribution in [0.25, 0.3) is 0 Å². The van der Waals surface area contributed by atoms with E-state index >= 15 is 0 Å². The van der Waals surface area contributed by atoms with Crippen LogP contribution in [-0.2, 0) is 16.4 Å². The smallest absolute Gasteiger partial charge is 0.175 e. The SMILES string of the molecule is CS(=O)(=O)c1cccc(NCc2ccc(O)c(O)c2)c1. The highest BCUT2D eigenvalue weighted by Crippen LogP contribution is 2.25. The largest absolute Gasteiger partial charge is 0.504 e. The highest BCUT2D eigenvalue weighted by atomic mass is 32.2. The molecule has 6 heteroatoms. The first-order chi connectivity index (χ1) is 9.36. The normalized spacial score (nSPS) is 11.2. The minimum Gasteiger partial charge on any atom is -0.504 e. The number of rotatable bonds is 4. The summed E-state index contributed by atoms with van der Waals surface area (Å²) in [6.07, 6.45) is 1.16. The summed E-state index contributed by atoms with van der Waals surface area (Å²) >= 11 is 0. The maximum absolute atomic E-state index is 11.5. The van der Waals surface area contributed by atoms with Crippen LogP contribution in [0.1, 0.15) is 5.56 Å². The molecule has 2 rings (SSSR count). The minimum atomic E-state index is -3.23. The lowest BCUT2D eigenvalue weighted by Crippen LogP contribution is -2.02. The molecule has 0 fully saturated rings. The molecule has 5 nitrogen and oxygen atoms in total. The van der Waals surface area contributed by atoms with Crippen LogP contribution in [0.3, 0.4) is 0 Å². The molecule has 0 aliphatic rings. The van der Waals surface area contributed by atoms with E-state index in [-0.39, 0.29) is 16.4 Å². The fourth-order valence-electron chi connectivity index (χ4n) is 1.72. The molecular formula is C14H15NO4S. The third-order valence-electron chi connectivity index (χ3n) is 2.80. The van der Waals surface area contributed by atoms with Gasteiger partial charge in [0.25, 0.3) is 0 Å². The zero-order chi connectivity index (χ0) is 14.8. The van der Waals surface area contributed by atoms with Crippen molar-refractivity contribution >= 4 is 15.5 Å². The Kier molecular flexibility index (Phi) is 3.85. The molecular weight excluding hydrogens is 278 g/mol. The molecule has 20 heavy (non-hydrogen) atoms. The maximum Gasteiger partial charge on any atom is 0.175 e. The number of phenols is 2. The first-order valence-corrected chi connectivity index (χ1v) is 7.80. The summed E-state index contributed by atoms with van der Waals surface area (Å²) in [7, 11) is -3.23. The number of benzene rings is 2. The Morgan fingerprint density at radius 1 is 1.05 bits per heavy atom. The summed E-state index contributed by atoms with van der Waals surface area (Å²) in [6.45, 7) is 0.404. The molecule has 0 aliphatic carbocycles. The van der Waals surface area contributed by atoms with Gasteiger partial charge in [-0.1, -0.05) is 12.1 Å². The van der Waals surface area contributed by atoms with Gasteiger partial charge in [-0.15, -0.1) is 0 Å². The molecule has 3 N–H and O–H groups in total. The summed E-state index contributed by atoms with van der Waals surface area (Å²) in [4.78, 5) is 0.246. The Hall–Kier alpha value is -2.21. The van der Waals surface area contributed by atoms with Crippen LogP contribution in [0.15, 0.2) is 47.4 Å². The van der Waals surface area contributed by atoms with E-state index in [1.165, 1.54) is 18.2 Å². The van der Waals surface area contributed by atoms with Crippen molar-refractivity contribution < 1.29 is 18.6 Å². The monoisotopic (exact) mass is 293 g/mol. The summed E-state index contributed by atoms with van der Waals surface area (Å²) in [6, 6.07) is 11.0. The predicted molar refractivity (Wildman–Crippen MR) is 76.7 cm³/mol. The van der Waals surface area contributed by atoms with Gasteiger partial charge in [0, 0.05) is 18.5 Å². The lowest BCUT2D eigenvalue weighted by atomic mass is 10.2. The fraction of sp³-hybridized carbons (Fsp3) is 0.143. The molecule has 0 radical (unpaired) electrons. The van der Waals surface area contributed by atoms with Gasteiger partial charge in [0.05, 0.1) is 4.90 Å². The van der Waals surface area contributed by atoms with Crippen LogP contribution in [0.4, 0.5) is 5.69 Å². The Labute approximate surface area is 117 Å². The number of anilines is 1. The number of phenolic OH excluding ortho intramolecular Hbond substituents is 2. The summed E-state index contributed by atoms with van der Waals surface area (Å²) < 4.78 is 22.9. The van der Waals surface area contributed by atoms with Gasteiger partial charge < -0.3 is 15.5 Å². The van der Waals surface area contributed by atoms with E-state index in [0.29, 0.717) is 12.2 Å². The van der Waals surface area contributed by atoms with Crippen molar-refractivity contribution in [2.75, 3.05) is 11.6 Å². The first kappa shape index (κ1) is 14.2. The van der Waals surface area contributed by atoms with Gasteiger partial charge in [0.15, 0.2) is 21.3 Å². The van der Waals surface area contributed by atoms with Crippen LogP contribution < -0.4 is 5.32 Å². The average Bonchev–Trinajstić information content (AvgIpc) is 2.39. The number of nitrogens with one attached hydrogen (secondary N) is 1. The van der Waals surface area contributed by atoms with E-state index in [1.807, 2.05) is 0 Å². The van der Waals surface area contributed by atoms with Crippen molar-refractivity contribution in [3.05, 3.63) is 48.0 Å². The van der Waals surface area contributed by atoms with Crippen molar-refractivity contribution in [3.63, 3.8) is 0 Å². The molecule has 0 unspecified atom stereocenters. The topological polar surface area (TPSA) is 86.6 Å².